The molecule has 1 aliphatic heterocycles. The van der Waals surface area contributed by atoms with Crippen LogP contribution in [0.15, 0.2) is 64.2 Å². The first kappa shape index (κ1) is 26.3. The maximum Gasteiger partial charge on any atom is 0.416 e. The van der Waals surface area contributed by atoms with Crippen molar-refractivity contribution >= 4 is 17.1 Å². The van der Waals surface area contributed by atoms with Gasteiger partial charge in [0.1, 0.15) is 0 Å². The summed E-state index contributed by atoms with van der Waals surface area (Å²) in [6.45, 7) is 2.87. The van der Waals surface area contributed by atoms with Crippen molar-refractivity contribution in [1.29, 1.82) is 0 Å². The zero-order valence-electron chi connectivity index (χ0n) is 21.3. The normalized spacial score (nSPS) is 15.8. The lowest BCUT2D eigenvalue weighted by Crippen LogP contribution is -2.44. The van der Waals surface area contributed by atoms with Gasteiger partial charge in [-0.15, -0.1) is 5.92 Å². The number of halogens is 3. The molecule has 4 aromatic rings. The summed E-state index contributed by atoms with van der Waals surface area (Å²) in [6, 6.07) is 13.2. The van der Waals surface area contributed by atoms with Crippen LogP contribution in [0.5, 0.6) is 0 Å². The molecule has 0 aliphatic carbocycles. The van der Waals surface area contributed by atoms with Gasteiger partial charge in [0.15, 0.2) is 11.2 Å². The Kier molecular flexibility index (Phi) is 7.06. The van der Waals surface area contributed by atoms with Crippen molar-refractivity contribution in [3.8, 4) is 17.5 Å². The zero-order valence-corrected chi connectivity index (χ0v) is 21.3. The van der Waals surface area contributed by atoms with Crippen LogP contribution in [0.3, 0.4) is 0 Å². The molecule has 11 heteroatoms. The number of piperidine rings is 1. The highest BCUT2D eigenvalue weighted by Crippen LogP contribution is 2.29. The van der Waals surface area contributed by atoms with Crippen LogP contribution in [-0.2, 0) is 19.3 Å². The van der Waals surface area contributed by atoms with Crippen LogP contribution in [0, 0.1) is 11.8 Å². The van der Waals surface area contributed by atoms with Gasteiger partial charge in [-0.25, -0.2) is 9.36 Å². The standard InChI is InChI=1S/C28H27F3N6O2/c1-2-3-16-35-23-24(33-26(35)34-15-7-8-21(32)18-34)37(22-9-5-4-6-10-22)27(39)36(25(23)38)17-19-11-13-20(14-12-19)28(29,30)31/h4-6,9-14,21H,7-8,15-18,32H2,1H3/t21-/m1/s1. The largest absolute Gasteiger partial charge is 0.416 e. The number of rotatable bonds is 5. The van der Waals surface area contributed by atoms with Gasteiger partial charge in [-0.05, 0) is 49.6 Å². The molecule has 1 aliphatic rings. The monoisotopic (exact) mass is 536 g/mol. The van der Waals surface area contributed by atoms with Crippen molar-refractivity contribution in [2.75, 3.05) is 18.0 Å². The van der Waals surface area contributed by atoms with Gasteiger partial charge in [0.05, 0.1) is 24.3 Å². The zero-order chi connectivity index (χ0) is 27.7. The van der Waals surface area contributed by atoms with Crippen molar-refractivity contribution in [3.63, 3.8) is 0 Å². The number of alkyl halides is 3. The van der Waals surface area contributed by atoms with Crippen LogP contribution >= 0.6 is 0 Å². The number of imidazole rings is 1. The fourth-order valence-electron chi connectivity index (χ4n) is 4.89. The molecule has 5 rings (SSSR count). The Hall–Kier alpha value is -4.30. The van der Waals surface area contributed by atoms with Gasteiger partial charge in [-0.1, -0.05) is 36.3 Å². The third-order valence-electron chi connectivity index (χ3n) is 6.80. The highest BCUT2D eigenvalue weighted by Gasteiger charge is 2.30. The van der Waals surface area contributed by atoms with Crippen molar-refractivity contribution in [1.82, 2.24) is 18.7 Å². The number of fused-ring (bicyclic) bond motifs is 1. The number of aromatic nitrogens is 4. The Balaban J connectivity index is 1.76. The first-order valence-electron chi connectivity index (χ1n) is 12.6. The summed E-state index contributed by atoms with van der Waals surface area (Å²) in [5.41, 5.74) is 5.43. The minimum atomic E-state index is -4.49. The SMILES string of the molecule is CC#CCn1c(N2CCC[C@@H](N)C2)nc2c1c(=O)n(Cc1ccc(C(F)(F)F)cc1)c(=O)n2-c1ccccc1. The predicted molar refractivity (Wildman–Crippen MR) is 143 cm³/mol. The molecule has 0 spiro atoms. The summed E-state index contributed by atoms with van der Waals surface area (Å²) < 4.78 is 43.3. The first-order valence-corrected chi connectivity index (χ1v) is 12.6. The second-order valence-electron chi connectivity index (χ2n) is 9.48. The second-order valence-corrected chi connectivity index (χ2v) is 9.48. The van der Waals surface area contributed by atoms with Crippen LogP contribution < -0.4 is 21.9 Å². The van der Waals surface area contributed by atoms with Crippen LogP contribution in [0.1, 0.15) is 30.9 Å². The fraction of sp³-hybridized carbons (Fsp3) is 0.321. The Morgan fingerprint density at radius 3 is 2.41 bits per heavy atom. The lowest BCUT2D eigenvalue weighted by molar-refractivity contribution is -0.137. The Labute approximate surface area is 222 Å². The maximum absolute atomic E-state index is 13.9. The van der Waals surface area contributed by atoms with E-state index in [0.29, 0.717) is 30.3 Å². The van der Waals surface area contributed by atoms with E-state index in [1.54, 1.807) is 41.8 Å². The molecule has 1 saturated heterocycles. The molecule has 1 fully saturated rings. The average molecular weight is 537 g/mol. The van der Waals surface area contributed by atoms with Gasteiger partial charge in [-0.2, -0.15) is 18.2 Å². The molecule has 202 valence electrons. The number of nitrogens with zero attached hydrogens (tertiary/aromatic N) is 5. The molecule has 0 amide bonds. The van der Waals surface area contributed by atoms with Crippen LogP contribution in [0.25, 0.3) is 16.9 Å². The maximum atomic E-state index is 13.9. The summed E-state index contributed by atoms with van der Waals surface area (Å²) >= 11 is 0. The van der Waals surface area contributed by atoms with Crippen LogP contribution in [-0.4, -0.2) is 37.8 Å². The summed E-state index contributed by atoms with van der Waals surface area (Å²) in [5.74, 6) is 6.34. The Morgan fingerprint density at radius 1 is 1.05 bits per heavy atom. The summed E-state index contributed by atoms with van der Waals surface area (Å²) in [5, 5.41) is 0. The predicted octanol–water partition coefficient (Wildman–Crippen LogP) is 3.37. The highest BCUT2D eigenvalue weighted by atomic mass is 19.4. The lowest BCUT2D eigenvalue weighted by Gasteiger charge is -2.31. The van der Waals surface area contributed by atoms with E-state index in [0.717, 1.165) is 29.5 Å². The van der Waals surface area contributed by atoms with E-state index >= 15 is 0 Å². The lowest BCUT2D eigenvalue weighted by atomic mass is 10.1. The molecule has 8 nitrogen and oxygen atoms in total. The van der Waals surface area contributed by atoms with Gasteiger partial charge in [0, 0.05) is 19.1 Å². The molecular formula is C28H27F3N6O2. The molecule has 0 saturated carbocycles. The first-order chi connectivity index (χ1) is 18.7. The molecule has 39 heavy (non-hydrogen) atoms. The van der Waals surface area contributed by atoms with Gasteiger partial charge < -0.3 is 10.6 Å². The topological polar surface area (TPSA) is 91.1 Å². The molecule has 2 aromatic heterocycles. The average Bonchev–Trinajstić information content (AvgIpc) is 3.29. The van der Waals surface area contributed by atoms with Gasteiger partial charge in [0.2, 0.25) is 5.95 Å². The number of nitrogens with two attached hydrogens (primary N) is 1. The number of benzene rings is 2. The quantitative estimate of drug-likeness (QED) is 0.395. The molecule has 0 unspecified atom stereocenters. The van der Waals surface area contributed by atoms with Gasteiger partial charge >= 0.3 is 11.9 Å². The van der Waals surface area contributed by atoms with E-state index in [9.17, 15) is 22.8 Å². The van der Waals surface area contributed by atoms with Crippen LogP contribution in [0.2, 0.25) is 0 Å². The summed E-state index contributed by atoms with van der Waals surface area (Å²) in [7, 11) is 0. The minimum Gasteiger partial charge on any atom is -0.341 e. The molecule has 1 atom stereocenters. The molecular weight excluding hydrogens is 509 g/mol. The highest BCUT2D eigenvalue weighted by molar-refractivity contribution is 5.76. The van der Waals surface area contributed by atoms with Crippen molar-refractivity contribution < 1.29 is 13.2 Å². The second kappa shape index (κ2) is 10.5. The van der Waals surface area contributed by atoms with Gasteiger partial charge in [0.25, 0.3) is 5.56 Å². The molecule has 2 N–H and O–H groups in total. The van der Waals surface area contributed by atoms with E-state index < -0.39 is 23.0 Å². The number of hydrogen-bond donors (Lipinski definition) is 1. The minimum absolute atomic E-state index is 0.0584. The Morgan fingerprint density at radius 2 is 1.77 bits per heavy atom. The third-order valence-corrected chi connectivity index (χ3v) is 6.80. The van der Waals surface area contributed by atoms with E-state index in [4.69, 9.17) is 10.7 Å². The molecule has 2 aromatic carbocycles. The summed E-state index contributed by atoms with van der Waals surface area (Å²) in [6.07, 6.45) is -2.76. The molecule has 0 radical (unpaired) electrons. The van der Waals surface area contributed by atoms with E-state index in [-0.39, 0.29) is 30.3 Å². The Bertz CT molecular complexity index is 1680. The fourth-order valence-corrected chi connectivity index (χ4v) is 4.89. The van der Waals surface area contributed by atoms with Gasteiger partial charge in [-0.3, -0.25) is 13.9 Å². The van der Waals surface area contributed by atoms with Crippen molar-refractivity contribution in [3.05, 3.63) is 86.6 Å². The van der Waals surface area contributed by atoms with Crippen LogP contribution in [0.4, 0.5) is 19.1 Å². The van der Waals surface area contributed by atoms with Crippen molar-refractivity contribution in [2.24, 2.45) is 5.73 Å². The smallest absolute Gasteiger partial charge is 0.341 e. The summed E-state index contributed by atoms with van der Waals surface area (Å²) in [4.78, 5) is 34.6. The van der Waals surface area contributed by atoms with E-state index in [1.165, 1.54) is 16.7 Å². The number of hydrogen-bond acceptors (Lipinski definition) is 5. The third kappa shape index (κ3) is 5.07. The molecule has 0 bridgehead atoms. The van der Waals surface area contributed by atoms with E-state index in [2.05, 4.69) is 11.8 Å². The van der Waals surface area contributed by atoms with E-state index in [1.807, 2.05) is 4.90 Å². The number of anilines is 1. The van der Waals surface area contributed by atoms with Crippen molar-refractivity contribution in [2.45, 2.75) is 45.1 Å². The molecule has 3 heterocycles. The number of para-hydroxylation sites is 1.